The van der Waals surface area contributed by atoms with Crippen LogP contribution in [0.5, 0.6) is 0 Å². The second-order valence-electron chi connectivity index (χ2n) is 4.27. The predicted octanol–water partition coefficient (Wildman–Crippen LogP) is 2.43. The monoisotopic (exact) mass is 301 g/mol. The zero-order chi connectivity index (χ0) is 15.7. The Hall–Kier alpha value is -3.36. The van der Waals surface area contributed by atoms with Gasteiger partial charge in [0.05, 0.1) is 17.3 Å². The maximum atomic E-state index is 14.0. The fourth-order valence-corrected chi connectivity index (χ4v) is 1.98. The normalized spacial score (nSPS) is 10.6. The van der Waals surface area contributed by atoms with Crippen molar-refractivity contribution in [2.45, 2.75) is 0 Å². The Balaban J connectivity index is 2.33. The SMILES string of the molecule is Nc1nc(-c2cnco2)c(-c2ccncc2F)cc1[N+](=O)[O-]. The standard InChI is InChI=1S/C13H8FN5O3/c14-9-4-16-2-1-7(9)8-3-10(19(20)21)13(15)18-12(8)11-5-17-6-22-11/h1-6H,(H2,15,18). The molecular formula is C13H8FN5O3. The number of hydrogen-bond acceptors (Lipinski definition) is 7. The van der Waals surface area contributed by atoms with E-state index in [1.54, 1.807) is 0 Å². The molecule has 0 saturated heterocycles. The lowest BCUT2D eigenvalue weighted by atomic mass is 10.0. The van der Waals surface area contributed by atoms with Gasteiger partial charge in [0, 0.05) is 23.4 Å². The first-order chi connectivity index (χ1) is 10.6. The summed E-state index contributed by atoms with van der Waals surface area (Å²) in [5.41, 5.74) is 5.59. The number of aromatic nitrogens is 3. The van der Waals surface area contributed by atoms with Crippen LogP contribution in [0.2, 0.25) is 0 Å². The van der Waals surface area contributed by atoms with Crippen LogP contribution in [-0.4, -0.2) is 19.9 Å². The van der Waals surface area contributed by atoms with Crippen LogP contribution >= 0.6 is 0 Å². The van der Waals surface area contributed by atoms with Gasteiger partial charge in [0.2, 0.25) is 5.82 Å². The van der Waals surface area contributed by atoms with Crippen molar-refractivity contribution in [3.8, 4) is 22.6 Å². The number of rotatable bonds is 3. The summed E-state index contributed by atoms with van der Waals surface area (Å²) in [6.45, 7) is 0. The molecule has 0 unspecified atom stereocenters. The van der Waals surface area contributed by atoms with Gasteiger partial charge >= 0.3 is 5.69 Å². The summed E-state index contributed by atoms with van der Waals surface area (Å²) in [6.07, 6.45) is 4.89. The molecule has 8 nitrogen and oxygen atoms in total. The summed E-state index contributed by atoms with van der Waals surface area (Å²) < 4.78 is 19.1. The summed E-state index contributed by atoms with van der Waals surface area (Å²) >= 11 is 0. The molecule has 0 fully saturated rings. The number of oxazole rings is 1. The Labute approximate surface area is 122 Å². The van der Waals surface area contributed by atoms with E-state index in [9.17, 15) is 14.5 Å². The predicted molar refractivity (Wildman–Crippen MR) is 74.0 cm³/mol. The number of nitrogens with zero attached hydrogens (tertiary/aromatic N) is 4. The Morgan fingerprint density at radius 1 is 1.27 bits per heavy atom. The third kappa shape index (κ3) is 2.24. The highest BCUT2D eigenvalue weighted by atomic mass is 19.1. The summed E-state index contributed by atoms with van der Waals surface area (Å²) in [4.78, 5) is 21.7. The summed E-state index contributed by atoms with van der Waals surface area (Å²) in [6, 6.07) is 2.53. The van der Waals surface area contributed by atoms with Crippen molar-refractivity contribution in [1.82, 2.24) is 15.0 Å². The molecule has 3 rings (SSSR count). The molecule has 3 aromatic rings. The molecule has 22 heavy (non-hydrogen) atoms. The van der Waals surface area contributed by atoms with Crippen LogP contribution in [0, 0.1) is 15.9 Å². The number of halogens is 1. The van der Waals surface area contributed by atoms with E-state index >= 15 is 0 Å². The molecule has 0 amide bonds. The highest BCUT2D eigenvalue weighted by Crippen LogP contribution is 2.36. The smallest absolute Gasteiger partial charge is 0.311 e. The summed E-state index contributed by atoms with van der Waals surface area (Å²) in [7, 11) is 0. The Kier molecular flexibility index (Phi) is 3.22. The number of pyridine rings is 2. The first-order valence-electron chi connectivity index (χ1n) is 6.01. The van der Waals surface area contributed by atoms with E-state index in [1.807, 2.05) is 0 Å². The van der Waals surface area contributed by atoms with Crippen molar-refractivity contribution in [1.29, 1.82) is 0 Å². The van der Waals surface area contributed by atoms with E-state index in [0.717, 1.165) is 12.3 Å². The number of hydrogen-bond donors (Lipinski definition) is 1. The fraction of sp³-hybridized carbons (Fsp3) is 0. The van der Waals surface area contributed by atoms with Gasteiger partial charge < -0.3 is 10.2 Å². The molecule has 0 aliphatic carbocycles. The second-order valence-corrected chi connectivity index (χ2v) is 4.27. The average molecular weight is 301 g/mol. The van der Waals surface area contributed by atoms with Crippen molar-refractivity contribution >= 4 is 11.5 Å². The molecule has 2 N–H and O–H groups in total. The second kappa shape index (κ2) is 5.20. The zero-order valence-electron chi connectivity index (χ0n) is 10.9. The maximum Gasteiger partial charge on any atom is 0.311 e. The molecule has 0 bridgehead atoms. The first kappa shape index (κ1) is 13.6. The van der Waals surface area contributed by atoms with Crippen molar-refractivity contribution in [2.75, 3.05) is 5.73 Å². The van der Waals surface area contributed by atoms with Crippen LogP contribution in [0.1, 0.15) is 0 Å². The minimum atomic E-state index is -0.685. The third-order valence-corrected chi connectivity index (χ3v) is 2.96. The van der Waals surface area contributed by atoms with Crippen LogP contribution in [-0.2, 0) is 0 Å². The molecule has 0 aliphatic heterocycles. The lowest BCUT2D eigenvalue weighted by Crippen LogP contribution is -2.02. The van der Waals surface area contributed by atoms with Crippen molar-refractivity contribution in [3.05, 3.63) is 53.0 Å². The van der Waals surface area contributed by atoms with Gasteiger partial charge in [0.1, 0.15) is 11.5 Å². The minimum absolute atomic E-state index is 0.0944. The van der Waals surface area contributed by atoms with E-state index in [4.69, 9.17) is 10.2 Å². The van der Waals surface area contributed by atoms with Gasteiger partial charge in [-0.15, -0.1) is 0 Å². The minimum Gasteiger partial charge on any atom is -0.442 e. The lowest BCUT2D eigenvalue weighted by Gasteiger charge is -2.09. The van der Waals surface area contributed by atoms with Crippen LogP contribution < -0.4 is 5.73 Å². The fourth-order valence-electron chi connectivity index (χ4n) is 1.98. The van der Waals surface area contributed by atoms with Crippen LogP contribution in [0.15, 0.2) is 41.5 Å². The highest BCUT2D eigenvalue weighted by molar-refractivity contribution is 5.82. The van der Waals surface area contributed by atoms with Gasteiger partial charge in [-0.3, -0.25) is 15.1 Å². The van der Waals surface area contributed by atoms with Crippen molar-refractivity contribution < 1.29 is 13.7 Å². The molecule has 0 spiro atoms. The van der Waals surface area contributed by atoms with E-state index in [2.05, 4.69) is 15.0 Å². The van der Waals surface area contributed by atoms with E-state index in [0.29, 0.717) is 0 Å². The van der Waals surface area contributed by atoms with Gasteiger partial charge in [0.15, 0.2) is 12.2 Å². The van der Waals surface area contributed by atoms with Crippen molar-refractivity contribution in [2.24, 2.45) is 0 Å². The molecule has 3 heterocycles. The van der Waals surface area contributed by atoms with Gasteiger partial charge in [-0.2, -0.15) is 0 Å². The Morgan fingerprint density at radius 3 is 2.73 bits per heavy atom. The van der Waals surface area contributed by atoms with Crippen LogP contribution in [0.25, 0.3) is 22.6 Å². The van der Waals surface area contributed by atoms with Crippen molar-refractivity contribution in [3.63, 3.8) is 0 Å². The van der Waals surface area contributed by atoms with E-state index in [-0.39, 0.29) is 28.4 Å². The molecule has 110 valence electrons. The highest BCUT2D eigenvalue weighted by Gasteiger charge is 2.22. The zero-order valence-corrected chi connectivity index (χ0v) is 10.9. The quantitative estimate of drug-likeness (QED) is 0.582. The van der Waals surface area contributed by atoms with Gasteiger partial charge in [-0.1, -0.05) is 0 Å². The average Bonchev–Trinajstić information content (AvgIpc) is 3.01. The van der Waals surface area contributed by atoms with Gasteiger partial charge in [-0.05, 0) is 6.07 Å². The largest absolute Gasteiger partial charge is 0.442 e. The molecule has 0 aliphatic rings. The number of anilines is 1. The molecule has 0 saturated carbocycles. The topological polar surface area (TPSA) is 121 Å². The van der Waals surface area contributed by atoms with Gasteiger partial charge in [0.25, 0.3) is 0 Å². The molecule has 0 radical (unpaired) electrons. The third-order valence-electron chi connectivity index (χ3n) is 2.96. The number of nitrogens with two attached hydrogens (primary N) is 1. The lowest BCUT2D eigenvalue weighted by molar-refractivity contribution is -0.384. The molecule has 0 aromatic carbocycles. The summed E-state index contributed by atoms with van der Waals surface area (Å²) in [5.74, 6) is -0.730. The number of nitro groups is 1. The van der Waals surface area contributed by atoms with E-state index in [1.165, 1.54) is 24.9 Å². The number of nitrogen functional groups attached to an aromatic ring is 1. The molecule has 9 heteroatoms. The Morgan fingerprint density at radius 2 is 2.09 bits per heavy atom. The maximum absolute atomic E-state index is 14.0. The first-order valence-corrected chi connectivity index (χ1v) is 6.01. The summed E-state index contributed by atoms with van der Waals surface area (Å²) in [5, 5.41) is 11.0. The Bertz CT molecular complexity index is 851. The molecule has 3 aromatic heterocycles. The van der Waals surface area contributed by atoms with E-state index < -0.39 is 16.4 Å². The van der Waals surface area contributed by atoms with Gasteiger partial charge in [-0.25, -0.2) is 14.4 Å². The van der Waals surface area contributed by atoms with Crippen LogP contribution in [0.3, 0.4) is 0 Å². The van der Waals surface area contributed by atoms with Crippen LogP contribution in [0.4, 0.5) is 15.9 Å². The molecular weight excluding hydrogens is 293 g/mol. The molecule has 0 atom stereocenters.